The van der Waals surface area contributed by atoms with Gasteiger partial charge in [-0.25, -0.2) is 9.97 Å². The lowest BCUT2D eigenvalue weighted by Crippen LogP contribution is -2.31. The Morgan fingerprint density at radius 1 is 1.53 bits per heavy atom. The predicted octanol–water partition coefficient (Wildman–Crippen LogP) is 1.54. The average Bonchev–Trinajstić information content (AvgIpc) is 3.11. The Bertz CT molecular complexity index is 534. The van der Waals surface area contributed by atoms with Crippen molar-refractivity contribution >= 4 is 27.6 Å². The molecule has 2 heterocycles. The van der Waals surface area contributed by atoms with Gasteiger partial charge in [-0.3, -0.25) is 0 Å². The zero-order valence-corrected chi connectivity index (χ0v) is 10.5. The van der Waals surface area contributed by atoms with E-state index in [-0.39, 0.29) is 0 Å². The monoisotopic (exact) mass is 249 g/mol. The molecule has 17 heavy (non-hydrogen) atoms. The molecule has 1 aliphatic carbocycles. The number of nitrogens with one attached hydrogen (secondary N) is 1. The van der Waals surface area contributed by atoms with Crippen LogP contribution in [0.4, 0.5) is 5.82 Å². The zero-order chi connectivity index (χ0) is 11.8. The maximum absolute atomic E-state index is 5.80. The van der Waals surface area contributed by atoms with Crippen molar-refractivity contribution in [1.29, 1.82) is 0 Å². The molecule has 1 unspecified atom stereocenters. The Labute approximate surface area is 104 Å². The van der Waals surface area contributed by atoms with E-state index < -0.39 is 0 Å². The Hall–Kier alpha value is -1.27. The van der Waals surface area contributed by atoms with Crippen LogP contribution in [0.1, 0.15) is 18.5 Å². The second kappa shape index (κ2) is 4.19. The van der Waals surface area contributed by atoms with Crippen LogP contribution in [0.3, 0.4) is 0 Å². The van der Waals surface area contributed by atoms with E-state index in [2.05, 4.69) is 19.7 Å². The third kappa shape index (κ3) is 1.98. The van der Waals surface area contributed by atoms with E-state index in [9.17, 15) is 0 Å². The van der Waals surface area contributed by atoms with Gasteiger partial charge in [-0.05, 0) is 37.2 Å². The maximum atomic E-state index is 5.80. The lowest BCUT2D eigenvalue weighted by molar-refractivity contribution is 0.643. The Kier molecular flexibility index (Phi) is 2.68. The summed E-state index contributed by atoms with van der Waals surface area (Å²) in [5.41, 5.74) is 6.79. The van der Waals surface area contributed by atoms with Gasteiger partial charge in [0.1, 0.15) is 17.0 Å². The van der Waals surface area contributed by atoms with Gasteiger partial charge < -0.3 is 11.1 Å². The molecule has 1 fully saturated rings. The molecular weight excluding hydrogens is 234 g/mol. The van der Waals surface area contributed by atoms with Crippen molar-refractivity contribution in [2.45, 2.75) is 25.8 Å². The molecule has 6 heteroatoms. The van der Waals surface area contributed by atoms with Crippen molar-refractivity contribution in [2.24, 2.45) is 11.7 Å². The molecule has 2 aromatic heterocycles. The number of hydrogen-bond acceptors (Lipinski definition) is 6. The summed E-state index contributed by atoms with van der Waals surface area (Å²) in [5, 5.41) is 4.49. The van der Waals surface area contributed by atoms with Crippen molar-refractivity contribution in [2.75, 3.05) is 11.9 Å². The summed E-state index contributed by atoms with van der Waals surface area (Å²) >= 11 is 1.41. The van der Waals surface area contributed by atoms with Gasteiger partial charge >= 0.3 is 0 Å². The van der Waals surface area contributed by atoms with Gasteiger partial charge in [0.25, 0.3) is 0 Å². The second-order valence-corrected chi connectivity index (χ2v) is 5.25. The fourth-order valence-electron chi connectivity index (χ4n) is 2.07. The number of aryl methyl sites for hydroxylation is 1. The highest BCUT2D eigenvalue weighted by Crippen LogP contribution is 2.35. The van der Waals surface area contributed by atoms with Crippen molar-refractivity contribution in [3.05, 3.63) is 12.0 Å². The molecule has 5 nitrogen and oxygen atoms in total. The van der Waals surface area contributed by atoms with Crippen LogP contribution in [0.2, 0.25) is 0 Å². The third-order valence-corrected chi connectivity index (χ3v) is 4.06. The zero-order valence-electron chi connectivity index (χ0n) is 9.68. The molecule has 0 bridgehead atoms. The Morgan fingerprint density at radius 3 is 3.06 bits per heavy atom. The van der Waals surface area contributed by atoms with Crippen LogP contribution in [-0.4, -0.2) is 26.9 Å². The van der Waals surface area contributed by atoms with Gasteiger partial charge in [-0.1, -0.05) is 0 Å². The SMILES string of the molecule is Cc1nsc2ncnc(NC(CN)C3CC3)c12. The minimum Gasteiger partial charge on any atom is -0.365 e. The van der Waals surface area contributed by atoms with E-state index in [1.165, 1.54) is 24.4 Å². The van der Waals surface area contributed by atoms with Gasteiger partial charge in [0.15, 0.2) is 0 Å². The molecule has 3 rings (SSSR count). The number of anilines is 1. The third-order valence-electron chi connectivity index (χ3n) is 3.21. The fraction of sp³-hybridized carbons (Fsp3) is 0.545. The molecule has 0 amide bonds. The highest BCUT2D eigenvalue weighted by molar-refractivity contribution is 7.13. The predicted molar refractivity (Wildman–Crippen MR) is 69.1 cm³/mol. The summed E-state index contributed by atoms with van der Waals surface area (Å²) in [6.07, 6.45) is 4.12. The van der Waals surface area contributed by atoms with Crippen LogP contribution < -0.4 is 11.1 Å². The number of aromatic nitrogens is 3. The van der Waals surface area contributed by atoms with E-state index in [0.29, 0.717) is 18.5 Å². The van der Waals surface area contributed by atoms with Crippen LogP contribution in [0.5, 0.6) is 0 Å². The van der Waals surface area contributed by atoms with Crippen LogP contribution >= 0.6 is 11.5 Å². The topological polar surface area (TPSA) is 76.7 Å². The molecule has 1 aliphatic rings. The summed E-state index contributed by atoms with van der Waals surface area (Å²) in [4.78, 5) is 9.49. The Balaban J connectivity index is 1.95. The largest absolute Gasteiger partial charge is 0.365 e. The van der Waals surface area contributed by atoms with Crippen molar-refractivity contribution in [1.82, 2.24) is 14.3 Å². The number of hydrogen-bond donors (Lipinski definition) is 2. The first-order valence-electron chi connectivity index (χ1n) is 5.83. The number of rotatable bonds is 4. The molecule has 1 saturated carbocycles. The molecule has 0 saturated heterocycles. The first-order valence-corrected chi connectivity index (χ1v) is 6.60. The summed E-state index contributed by atoms with van der Waals surface area (Å²) in [5.74, 6) is 1.58. The highest BCUT2D eigenvalue weighted by atomic mass is 32.1. The van der Waals surface area contributed by atoms with Gasteiger partial charge in [0, 0.05) is 12.6 Å². The molecule has 0 radical (unpaired) electrons. The highest BCUT2D eigenvalue weighted by Gasteiger charge is 2.30. The first kappa shape index (κ1) is 10.9. The van der Waals surface area contributed by atoms with Crippen LogP contribution in [0.15, 0.2) is 6.33 Å². The fourth-order valence-corrected chi connectivity index (χ4v) is 2.82. The molecule has 1 atom stereocenters. The van der Waals surface area contributed by atoms with E-state index in [0.717, 1.165) is 21.7 Å². The first-order chi connectivity index (χ1) is 8.29. The lowest BCUT2D eigenvalue weighted by atomic mass is 10.2. The van der Waals surface area contributed by atoms with Gasteiger partial charge in [-0.15, -0.1) is 0 Å². The minimum absolute atomic E-state index is 0.326. The van der Waals surface area contributed by atoms with Crippen molar-refractivity contribution in [3.8, 4) is 0 Å². The smallest absolute Gasteiger partial charge is 0.149 e. The van der Waals surface area contributed by atoms with Crippen LogP contribution in [0, 0.1) is 12.8 Å². The van der Waals surface area contributed by atoms with Gasteiger partial charge in [0.05, 0.1) is 11.1 Å². The standard InChI is InChI=1S/C11H15N5S/c1-6-9-10(13-5-14-11(9)17-16-6)15-8(4-12)7-2-3-7/h5,7-8H,2-4,12H2,1H3,(H,13,14,15). The summed E-state index contributed by atoms with van der Waals surface area (Å²) in [7, 11) is 0. The van der Waals surface area contributed by atoms with Gasteiger partial charge in [0.2, 0.25) is 0 Å². The maximum Gasteiger partial charge on any atom is 0.149 e. The average molecular weight is 249 g/mol. The van der Waals surface area contributed by atoms with E-state index >= 15 is 0 Å². The number of nitrogens with zero attached hydrogens (tertiary/aromatic N) is 3. The summed E-state index contributed by atoms with van der Waals surface area (Å²) in [6, 6.07) is 0.326. The van der Waals surface area contributed by atoms with E-state index in [1.54, 1.807) is 6.33 Å². The van der Waals surface area contributed by atoms with E-state index in [1.807, 2.05) is 6.92 Å². The molecule has 2 aromatic rings. The molecule has 90 valence electrons. The molecule has 0 aliphatic heterocycles. The quantitative estimate of drug-likeness (QED) is 0.859. The summed E-state index contributed by atoms with van der Waals surface area (Å²) < 4.78 is 4.32. The molecular formula is C11H15N5S. The molecule has 0 aromatic carbocycles. The Morgan fingerprint density at radius 2 is 2.35 bits per heavy atom. The van der Waals surface area contributed by atoms with Crippen LogP contribution in [-0.2, 0) is 0 Å². The normalized spacial score (nSPS) is 17.3. The lowest BCUT2D eigenvalue weighted by Gasteiger charge is -2.17. The second-order valence-electron chi connectivity index (χ2n) is 4.49. The van der Waals surface area contributed by atoms with Gasteiger partial charge in [-0.2, -0.15) is 4.37 Å². The minimum atomic E-state index is 0.326. The molecule has 3 N–H and O–H groups in total. The van der Waals surface area contributed by atoms with E-state index in [4.69, 9.17) is 5.73 Å². The van der Waals surface area contributed by atoms with Crippen molar-refractivity contribution < 1.29 is 0 Å². The van der Waals surface area contributed by atoms with Crippen molar-refractivity contribution in [3.63, 3.8) is 0 Å². The number of nitrogens with two attached hydrogens (primary N) is 1. The van der Waals surface area contributed by atoms with Crippen LogP contribution in [0.25, 0.3) is 10.2 Å². The summed E-state index contributed by atoms with van der Waals surface area (Å²) in [6.45, 7) is 2.63. The number of fused-ring (bicyclic) bond motifs is 1. The molecule has 0 spiro atoms.